The van der Waals surface area contributed by atoms with Crippen molar-refractivity contribution in [1.82, 2.24) is 19.5 Å². The SMILES string of the molecule is Cc1cn2nc(C3CCCCN3C(=O)c3cc(Cl)ccc3NS(C)=O)cc2nc1N1CC2C[C@@H]2C1. The van der Waals surface area contributed by atoms with Gasteiger partial charge in [0, 0.05) is 48.7 Å². The minimum atomic E-state index is -1.31. The highest BCUT2D eigenvalue weighted by Crippen LogP contribution is 2.46. The highest BCUT2D eigenvalue weighted by Gasteiger charge is 2.45. The van der Waals surface area contributed by atoms with Crippen LogP contribution in [0.2, 0.25) is 5.02 Å². The number of hydrogen-bond donors (Lipinski definition) is 1. The third kappa shape index (κ3) is 4.29. The third-order valence-corrected chi connectivity index (χ3v) is 8.22. The first kappa shape index (κ1) is 22.8. The van der Waals surface area contributed by atoms with Gasteiger partial charge in [0.05, 0.1) is 23.0 Å². The number of nitrogens with one attached hydrogen (secondary N) is 1. The van der Waals surface area contributed by atoms with Crippen LogP contribution in [0.4, 0.5) is 11.5 Å². The first-order valence-electron chi connectivity index (χ1n) is 12.2. The molecule has 3 aromatic rings. The molecule has 0 radical (unpaired) electrons. The van der Waals surface area contributed by atoms with E-state index in [2.05, 4.69) is 22.7 Å². The average Bonchev–Trinajstić information content (AvgIpc) is 3.23. The van der Waals surface area contributed by atoms with Crippen LogP contribution in [-0.4, -0.2) is 55.5 Å². The minimum Gasteiger partial charge on any atom is -0.356 e. The summed E-state index contributed by atoms with van der Waals surface area (Å²) in [6.45, 7) is 4.92. The van der Waals surface area contributed by atoms with E-state index in [1.165, 1.54) is 12.7 Å². The second-order valence-corrected chi connectivity index (χ2v) is 11.6. The predicted molar refractivity (Wildman–Crippen MR) is 138 cm³/mol. The molecule has 1 aliphatic carbocycles. The molecule has 0 spiro atoms. The maximum Gasteiger partial charge on any atom is 0.256 e. The maximum absolute atomic E-state index is 13.7. The van der Waals surface area contributed by atoms with Gasteiger partial charge in [0.15, 0.2) is 5.65 Å². The number of carbonyl (C=O) groups is 1. The van der Waals surface area contributed by atoms with E-state index in [9.17, 15) is 9.00 Å². The van der Waals surface area contributed by atoms with Crippen LogP contribution in [0.3, 0.4) is 0 Å². The molecule has 35 heavy (non-hydrogen) atoms. The third-order valence-electron chi connectivity index (χ3n) is 7.47. The molecule has 1 saturated carbocycles. The topological polar surface area (TPSA) is 82.8 Å². The van der Waals surface area contributed by atoms with Gasteiger partial charge in [0.25, 0.3) is 5.91 Å². The van der Waals surface area contributed by atoms with Gasteiger partial charge >= 0.3 is 0 Å². The van der Waals surface area contributed by atoms with E-state index in [4.69, 9.17) is 21.7 Å². The summed E-state index contributed by atoms with van der Waals surface area (Å²) < 4.78 is 16.5. The molecular formula is C25H29ClN6O2S. The van der Waals surface area contributed by atoms with Crippen LogP contribution < -0.4 is 9.62 Å². The Hall–Kier alpha value is -2.65. The first-order valence-corrected chi connectivity index (χ1v) is 14.1. The molecule has 4 atom stereocenters. The van der Waals surface area contributed by atoms with Crippen LogP contribution in [0, 0.1) is 18.8 Å². The Bertz CT molecular complexity index is 1330. The Kier molecular flexibility index (Phi) is 5.72. The number of piperidine rings is 2. The highest BCUT2D eigenvalue weighted by molar-refractivity contribution is 7.85. The molecular weight excluding hydrogens is 484 g/mol. The second-order valence-electron chi connectivity index (χ2n) is 10.0. The van der Waals surface area contributed by atoms with Crippen LogP contribution in [0.5, 0.6) is 0 Å². The lowest BCUT2D eigenvalue weighted by Crippen LogP contribution is -2.39. The number of likely N-dealkylation sites (tertiary alicyclic amines) is 1. The van der Waals surface area contributed by atoms with Gasteiger partial charge in [-0.05, 0) is 62.6 Å². The molecule has 1 amide bonds. The van der Waals surface area contributed by atoms with Crippen LogP contribution in [0.1, 0.15) is 53.3 Å². The smallest absolute Gasteiger partial charge is 0.256 e. The van der Waals surface area contributed by atoms with Crippen LogP contribution in [0.25, 0.3) is 5.65 Å². The fourth-order valence-corrected chi connectivity index (χ4v) is 6.31. The first-order chi connectivity index (χ1) is 16.9. The van der Waals surface area contributed by atoms with E-state index in [1.54, 1.807) is 18.2 Å². The Labute approximate surface area is 212 Å². The minimum absolute atomic E-state index is 0.136. The second kappa shape index (κ2) is 8.78. The molecule has 4 heterocycles. The summed E-state index contributed by atoms with van der Waals surface area (Å²) in [7, 11) is -1.31. The fraction of sp³-hybridized carbons (Fsp3) is 0.480. The number of rotatable bonds is 5. The van der Waals surface area contributed by atoms with Crippen molar-refractivity contribution in [2.75, 3.05) is 35.5 Å². The molecule has 184 valence electrons. The molecule has 1 aromatic carbocycles. The zero-order chi connectivity index (χ0) is 24.3. The number of hydrogen-bond acceptors (Lipinski definition) is 5. The highest BCUT2D eigenvalue weighted by atomic mass is 35.5. The number of carbonyl (C=O) groups excluding carboxylic acids is 1. The summed E-state index contributed by atoms with van der Waals surface area (Å²) >= 11 is 6.24. The van der Waals surface area contributed by atoms with E-state index >= 15 is 0 Å². The molecule has 1 N–H and O–H groups in total. The summed E-state index contributed by atoms with van der Waals surface area (Å²) in [5.74, 6) is 2.59. The summed E-state index contributed by atoms with van der Waals surface area (Å²) in [4.78, 5) is 23.0. The number of aryl methyl sites for hydroxylation is 1. The Morgan fingerprint density at radius 1 is 1.20 bits per heavy atom. The molecule has 0 bridgehead atoms. The van der Waals surface area contributed by atoms with Crippen LogP contribution in [0.15, 0.2) is 30.5 Å². The quantitative estimate of drug-likeness (QED) is 0.553. The standard InChI is InChI=1S/C25H29ClN6O2S/c1-15-12-32-23(27-24(15)30-13-16-9-17(16)14-30)11-21(28-32)22-5-3-4-8-31(22)25(33)19-10-18(26)6-7-20(19)29-35(2)34/h6-7,10-12,16-17,22,29H,3-5,8-9,13-14H2,1-2H3/t16-,17?,22?,35?/m1/s1. The Balaban J connectivity index is 1.32. The van der Waals surface area contributed by atoms with E-state index in [-0.39, 0.29) is 11.9 Å². The monoisotopic (exact) mass is 512 g/mol. The lowest BCUT2D eigenvalue weighted by atomic mass is 9.98. The van der Waals surface area contributed by atoms with Crippen LogP contribution >= 0.6 is 11.6 Å². The molecule has 2 saturated heterocycles. The van der Waals surface area contributed by atoms with Gasteiger partial charge in [0.1, 0.15) is 16.8 Å². The van der Waals surface area contributed by atoms with Crippen molar-refractivity contribution in [1.29, 1.82) is 0 Å². The largest absolute Gasteiger partial charge is 0.356 e. The zero-order valence-corrected chi connectivity index (χ0v) is 21.5. The summed E-state index contributed by atoms with van der Waals surface area (Å²) in [6, 6.07) is 6.91. The number of benzene rings is 1. The molecule has 3 aliphatic rings. The lowest BCUT2D eigenvalue weighted by molar-refractivity contribution is 0.0607. The van der Waals surface area contributed by atoms with Gasteiger partial charge in [-0.15, -0.1) is 0 Å². The van der Waals surface area contributed by atoms with Gasteiger partial charge in [-0.25, -0.2) is 13.7 Å². The van der Waals surface area contributed by atoms with E-state index in [0.29, 0.717) is 22.8 Å². The van der Waals surface area contributed by atoms with Crippen LogP contribution in [-0.2, 0) is 11.0 Å². The molecule has 2 aliphatic heterocycles. The van der Waals surface area contributed by atoms with E-state index in [1.807, 2.05) is 15.5 Å². The normalized spacial score (nSPS) is 24.5. The fourth-order valence-electron chi connectivity index (χ4n) is 5.65. The van der Waals surface area contributed by atoms with Crippen molar-refractivity contribution < 1.29 is 9.00 Å². The molecule has 3 unspecified atom stereocenters. The molecule has 6 rings (SSSR count). The summed E-state index contributed by atoms with van der Waals surface area (Å²) in [5, 5.41) is 5.32. The summed E-state index contributed by atoms with van der Waals surface area (Å²) in [5.41, 5.74) is 3.72. The van der Waals surface area contributed by atoms with Crippen molar-refractivity contribution in [3.63, 3.8) is 0 Å². The number of fused-ring (bicyclic) bond motifs is 2. The maximum atomic E-state index is 13.7. The number of aromatic nitrogens is 3. The Morgan fingerprint density at radius 3 is 2.77 bits per heavy atom. The van der Waals surface area contributed by atoms with Gasteiger partial charge in [-0.2, -0.15) is 5.10 Å². The van der Waals surface area contributed by atoms with Crippen molar-refractivity contribution in [2.45, 2.75) is 38.6 Å². The van der Waals surface area contributed by atoms with Crippen molar-refractivity contribution in [2.24, 2.45) is 11.8 Å². The average molecular weight is 513 g/mol. The number of amides is 1. The number of halogens is 1. The zero-order valence-electron chi connectivity index (χ0n) is 19.9. The molecule has 2 aromatic heterocycles. The van der Waals surface area contributed by atoms with Crippen molar-refractivity contribution in [3.05, 3.63) is 52.3 Å². The summed E-state index contributed by atoms with van der Waals surface area (Å²) in [6.07, 6.45) is 7.74. The van der Waals surface area contributed by atoms with Gasteiger partial charge < -0.3 is 14.5 Å². The molecule has 3 fully saturated rings. The number of nitrogens with zero attached hydrogens (tertiary/aromatic N) is 5. The van der Waals surface area contributed by atoms with E-state index in [0.717, 1.165) is 66.9 Å². The van der Waals surface area contributed by atoms with Gasteiger partial charge in [-0.1, -0.05) is 11.6 Å². The lowest BCUT2D eigenvalue weighted by Gasteiger charge is -2.35. The number of anilines is 2. The van der Waals surface area contributed by atoms with Crippen molar-refractivity contribution >= 4 is 45.6 Å². The molecule has 10 heteroatoms. The van der Waals surface area contributed by atoms with E-state index < -0.39 is 11.0 Å². The van der Waals surface area contributed by atoms with Crippen molar-refractivity contribution in [3.8, 4) is 0 Å². The van der Waals surface area contributed by atoms with Gasteiger partial charge in [0.2, 0.25) is 0 Å². The Morgan fingerprint density at radius 2 is 2.00 bits per heavy atom. The predicted octanol–water partition coefficient (Wildman–Crippen LogP) is 4.22. The molecule has 8 nitrogen and oxygen atoms in total. The van der Waals surface area contributed by atoms with Gasteiger partial charge in [-0.3, -0.25) is 4.79 Å².